The van der Waals surface area contributed by atoms with Gasteiger partial charge in [-0.1, -0.05) is 19.3 Å². The predicted octanol–water partition coefficient (Wildman–Crippen LogP) is 7.81. The summed E-state index contributed by atoms with van der Waals surface area (Å²) in [5.74, 6) is 1.29. The zero-order valence-corrected chi connectivity index (χ0v) is 25.3. The zero-order chi connectivity index (χ0) is 27.8. The lowest BCUT2D eigenvalue weighted by Gasteiger charge is -2.05. The molecule has 0 aromatic carbocycles. The van der Waals surface area contributed by atoms with Crippen LogP contribution in [0, 0.1) is 6.92 Å². The molecule has 0 radical (unpaired) electrons. The Balaban J connectivity index is 1.10. The van der Waals surface area contributed by atoms with E-state index in [-0.39, 0.29) is 0 Å². The lowest BCUT2D eigenvalue weighted by molar-refractivity contribution is -0.697. The second-order valence-corrected chi connectivity index (χ2v) is 11.8. The number of hydrogen-bond acceptors (Lipinski definition) is 3. The number of aryl methyl sites for hydroxylation is 4. The van der Waals surface area contributed by atoms with E-state index in [1.807, 2.05) is 30.2 Å². The van der Waals surface area contributed by atoms with Crippen LogP contribution in [0.2, 0.25) is 0 Å². The maximum atomic E-state index is 4.53. The normalized spacial score (nSPS) is 11.2. The van der Waals surface area contributed by atoms with Crippen molar-refractivity contribution in [3.63, 3.8) is 0 Å². The Kier molecular flexibility index (Phi) is 12.7. The Morgan fingerprint density at radius 2 is 1.12 bits per heavy atom. The molecule has 0 unspecified atom stereocenters. The van der Waals surface area contributed by atoms with Crippen molar-refractivity contribution >= 4 is 11.8 Å². The van der Waals surface area contributed by atoms with Gasteiger partial charge in [-0.3, -0.25) is 9.97 Å². The van der Waals surface area contributed by atoms with Crippen LogP contribution in [0.3, 0.4) is 0 Å². The molecule has 0 saturated heterocycles. The standard InChI is InChI=1S/C35H46N4S/c1-30-13-19-36-34(28-30)35-29-31(14-20-37-35)12-8-4-3-5-9-21-38-23-15-32(16-24-38)33-17-25-39(26-18-33)22-10-6-7-11-27-40-2/h13-20,23-26,28-29H,3-12,21-22,27H2,1-2H3/q+2. The molecule has 0 bridgehead atoms. The molecule has 0 amide bonds. The number of rotatable bonds is 17. The Morgan fingerprint density at radius 3 is 1.73 bits per heavy atom. The number of aromatic nitrogens is 4. The van der Waals surface area contributed by atoms with Gasteiger partial charge in [0.25, 0.3) is 0 Å². The fraction of sp³-hybridized carbons (Fsp3) is 0.429. The molecule has 0 saturated carbocycles. The van der Waals surface area contributed by atoms with Crippen LogP contribution in [0.4, 0.5) is 0 Å². The van der Waals surface area contributed by atoms with E-state index in [4.69, 9.17) is 0 Å². The summed E-state index contributed by atoms with van der Waals surface area (Å²) in [6, 6.07) is 17.5. The molecule has 0 fully saturated rings. The maximum Gasteiger partial charge on any atom is 0.169 e. The molecule has 5 heteroatoms. The molecule has 4 nitrogen and oxygen atoms in total. The second kappa shape index (κ2) is 16.9. The molecule has 0 aliphatic heterocycles. The minimum Gasteiger partial charge on any atom is -0.255 e. The van der Waals surface area contributed by atoms with Crippen molar-refractivity contribution in [1.29, 1.82) is 0 Å². The number of pyridine rings is 4. The van der Waals surface area contributed by atoms with Crippen molar-refractivity contribution in [3.05, 3.63) is 96.8 Å². The Morgan fingerprint density at radius 1 is 0.600 bits per heavy atom. The summed E-state index contributed by atoms with van der Waals surface area (Å²) in [6.07, 6.45) is 27.6. The lowest BCUT2D eigenvalue weighted by atomic mass is 10.0. The van der Waals surface area contributed by atoms with Gasteiger partial charge in [0.2, 0.25) is 0 Å². The molecule has 4 aromatic rings. The molecule has 0 aliphatic rings. The molecule has 0 spiro atoms. The van der Waals surface area contributed by atoms with Crippen LogP contribution >= 0.6 is 11.8 Å². The summed E-state index contributed by atoms with van der Waals surface area (Å²) >= 11 is 1.95. The Labute approximate surface area is 245 Å². The van der Waals surface area contributed by atoms with Gasteiger partial charge in [-0.15, -0.1) is 0 Å². The molecule has 210 valence electrons. The molecule has 4 aromatic heterocycles. The average molecular weight is 555 g/mol. The topological polar surface area (TPSA) is 33.5 Å². The third kappa shape index (κ3) is 10.2. The highest BCUT2D eigenvalue weighted by Gasteiger charge is 2.07. The highest BCUT2D eigenvalue weighted by molar-refractivity contribution is 7.98. The van der Waals surface area contributed by atoms with Gasteiger partial charge in [-0.2, -0.15) is 11.8 Å². The molecule has 0 aliphatic carbocycles. The van der Waals surface area contributed by atoms with Gasteiger partial charge in [0.15, 0.2) is 24.8 Å². The van der Waals surface area contributed by atoms with Crippen LogP contribution in [0.15, 0.2) is 85.7 Å². The molecule has 0 N–H and O–H groups in total. The zero-order valence-electron chi connectivity index (χ0n) is 24.5. The Hall–Kier alpha value is -3.05. The first-order chi connectivity index (χ1) is 19.7. The molecule has 40 heavy (non-hydrogen) atoms. The maximum absolute atomic E-state index is 4.53. The second-order valence-electron chi connectivity index (χ2n) is 10.8. The SMILES string of the molecule is CSCCCCCC[n+]1ccc(-c2cc[n+](CCCCCCCc3ccnc(-c4cc(C)ccn4)c3)cc2)cc1. The van der Waals surface area contributed by atoms with Crippen LogP contribution < -0.4 is 9.13 Å². The quantitative estimate of drug-likeness (QED) is 0.0986. The molecular weight excluding hydrogens is 508 g/mol. The summed E-state index contributed by atoms with van der Waals surface area (Å²) in [7, 11) is 0. The largest absolute Gasteiger partial charge is 0.255 e. The van der Waals surface area contributed by atoms with Gasteiger partial charge in [0, 0.05) is 49.5 Å². The van der Waals surface area contributed by atoms with E-state index in [0.29, 0.717) is 0 Å². The number of thioether (sulfide) groups is 1. The summed E-state index contributed by atoms with van der Waals surface area (Å²) < 4.78 is 4.64. The van der Waals surface area contributed by atoms with Crippen LogP contribution in [-0.2, 0) is 19.5 Å². The minimum atomic E-state index is 0.961. The monoisotopic (exact) mass is 554 g/mol. The third-order valence-corrected chi connectivity index (χ3v) is 8.21. The van der Waals surface area contributed by atoms with E-state index in [1.165, 1.54) is 85.8 Å². The van der Waals surface area contributed by atoms with Gasteiger partial charge in [0.1, 0.15) is 13.1 Å². The van der Waals surface area contributed by atoms with E-state index in [9.17, 15) is 0 Å². The summed E-state index contributed by atoms with van der Waals surface area (Å²) in [5.41, 5.74) is 7.09. The third-order valence-electron chi connectivity index (χ3n) is 7.51. The van der Waals surface area contributed by atoms with E-state index < -0.39 is 0 Å². The average Bonchev–Trinajstić information content (AvgIpc) is 2.99. The molecule has 4 rings (SSSR count). The van der Waals surface area contributed by atoms with Crippen LogP contribution in [0.25, 0.3) is 22.5 Å². The fourth-order valence-corrected chi connectivity index (χ4v) is 5.58. The van der Waals surface area contributed by atoms with Crippen molar-refractivity contribution in [2.24, 2.45) is 0 Å². The van der Waals surface area contributed by atoms with Crippen molar-refractivity contribution in [2.75, 3.05) is 12.0 Å². The van der Waals surface area contributed by atoms with Gasteiger partial charge >= 0.3 is 0 Å². The molecular formula is C35H46N4S+2. The first-order valence-electron chi connectivity index (χ1n) is 15.1. The van der Waals surface area contributed by atoms with E-state index in [0.717, 1.165) is 30.9 Å². The van der Waals surface area contributed by atoms with Gasteiger partial charge < -0.3 is 0 Å². The van der Waals surface area contributed by atoms with Crippen molar-refractivity contribution in [2.45, 2.75) is 84.2 Å². The summed E-state index contributed by atoms with van der Waals surface area (Å²) in [5, 5.41) is 0. The van der Waals surface area contributed by atoms with Crippen LogP contribution in [-0.4, -0.2) is 22.0 Å². The van der Waals surface area contributed by atoms with Gasteiger partial charge in [-0.25, -0.2) is 9.13 Å². The highest BCUT2D eigenvalue weighted by atomic mass is 32.2. The number of nitrogens with zero attached hydrogens (tertiary/aromatic N) is 4. The Bertz CT molecular complexity index is 1270. The smallest absolute Gasteiger partial charge is 0.169 e. The first-order valence-corrected chi connectivity index (χ1v) is 16.5. The number of unbranched alkanes of at least 4 members (excludes halogenated alkanes) is 7. The summed E-state index contributed by atoms with van der Waals surface area (Å²) in [6.45, 7) is 4.30. The highest BCUT2D eigenvalue weighted by Crippen LogP contribution is 2.18. The predicted molar refractivity (Wildman–Crippen MR) is 168 cm³/mol. The first kappa shape index (κ1) is 29.9. The van der Waals surface area contributed by atoms with E-state index in [2.05, 4.69) is 99.5 Å². The van der Waals surface area contributed by atoms with Crippen LogP contribution in [0.5, 0.6) is 0 Å². The summed E-state index contributed by atoms with van der Waals surface area (Å²) in [4.78, 5) is 9.01. The van der Waals surface area contributed by atoms with Gasteiger partial charge in [0.05, 0.1) is 11.4 Å². The van der Waals surface area contributed by atoms with Crippen LogP contribution in [0.1, 0.15) is 68.9 Å². The minimum absolute atomic E-state index is 0.961. The van der Waals surface area contributed by atoms with Crippen molar-refractivity contribution < 1.29 is 9.13 Å². The van der Waals surface area contributed by atoms with Crippen molar-refractivity contribution in [1.82, 2.24) is 9.97 Å². The lowest BCUT2D eigenvalue weighted by Crippen LogP contribution is -2.33. The fourth-order valence-electron chi connectivity index (χ4n) is 5.09. The van der Waals surface area contributed by atoms with Crippen molar-refractivity contribution in [3.8, 4) is 22.5 Å². The van der Waals surface area contributed by atoms with E-state index in [1.54, 1.807) is 0 Å². The number of hydrogen-bond donors (Lipinski definition) is 0. The molecule has 4 heterocycles. The van der Waals surface area contributed by atoms with E-state index >= 15 is 0 Å². The van der Waals surface area contributed by atoms with Gasteiger partial charge in [-0.05, 0) is 97.6 Å². The molecule has 0 atom stereocenters.